The number of carbonyl (C=O) groups excluding carboxylic acids is 1. The molecule has 1 N–H and O–H groups in total. The summed E-state index contributed by atoms with van der Waals surface area (Å²) in [5, 5.41) is 12.5. The first-order valence-electron chi connectivity index (χ1n) is 9.64. The van der Waals surface area contributed by atoms with Crippen molar-refractivity contribution in [1.29, 1.82) is 5.26 Å². The number of amides is 1. The summed E-state index contributed by atoms with van der Waals surface area (Å²) in [4.78, 5) is 25.6. The predicted octanol–water partition coefficient (Wildman–Crippen LogP) is 5.21. The van der Waals surface area contributed by atoms with Crippen LogP contribution >= 0.6 is 11.6 Å². The normalized spacial score (nSPS) is 10.7. The molecule has 0 atom stereocenters. The molecule has 0 saturated heterocycles. The van der Waals surface area contributed by atoms with Crippen molar-refractivity contribution in [3.05, 3.63) is 80.7 Å². The Labute approximate surface area is 187 Å². The Morgan fingerprint density at radius 3 is 2.59 bits per heavy atom. The summed E-state index contributed by atoms with van der Waals surface area (Å²) < 4.78 is 17.0. The second-order valence-corrected chi connectivity index (χ2v) is 7.41. The molecule has 2 aromatic carbocycles. The van der Waals surface area contributed by atoms with Crippen LogP contribution in [0.4, 0.5) is 5.88 Å². The highest BCUT2D eigenvalue weighted by Gasteiger charge is 2.21. The summed E-state index contributed by atoms with van der Waals surface area (Å²) in [7, 11) is 0. The first-order chi connectivity index (χ1) is 15.4. The zero-order valence-electron chi connectivity index (χ0n) is 17.2. The standard InChI is InChI=1S/C24H17ClN2O5/c1-13-14(2)31-24(17(13)11-26)27-20(28)12-30-23-21(29)16-8-4-6-10-19(16)32-22(23)15-7-3-5-9-18(15)25/h3-10H,12H2,1-2H3,(H,27,28). The number of nitriles is 1. The van der Waals surface area contributed by atoms with E-state index in [-0.39, 0.29) is 23.0 Å². The van der Waals surface area contributed by atoms with Crippen molar-refractivity contribution in [2.75, 3.05) is 11.9 Å². The molecule has 0 fully saturated rings. The van der Waals surface area contributed by atoms with Gasteiger partial charge in [0, 0.05) is 11.1 Å². The van der Waals surface area contributed by atoms with E-state index in [2.05, 4.69) is 5.32 Å². The summed E-state index contributed by atoms with van der Waals surface area (Å²) in [6.45, 7) is 2.91. The second kappa shape index (κ2) is 8.61. The van der Waals surface area contributed by atoms with Crippen LogP contribution in [-0.2, 0) is 4.79 Å². The molecule has 0 aliphatic rings. The number of benzene rings is 2. The average Bonchev–Trinajstić information content (AvgIpc) is 3.05. The Kier molecular flexibility index (Phi) is 5.71. The number of furan rings is 1. The average molecular weight is 449 g/mol. The van der Waals surface area contributed by atoms with Crippen molar-refractivity contribution in [3.8, 4) is 23.1 Å². The maximum Gasteiger partial charge on any atom is 0.264 e. The summed E-state index contributed by atoms with van der Waals surface area (Å²) in [6, 6.07) is 15.6. The van der Waals surface area contributed by atoms with E-state index in [1.165, 1.54) is 0 Å². The highest BCUT2D eigenvalue weighted by molar-refractivity contribution is 6.33. The Bertz CT molecular complexity index is 1450. The lowest BCUT2D eigenvalue weighted by molar-refractivity contribution is -0.118. The number of rotatable bonds is 5. The smallest absolute Gasteiger partial charge is 0.264 e. The molecule has 4 aromatic rings. The first kappa shape index (κ1) is 21.2. The molecular weight excluding hydrogens is 432 g/mol. The minimum atomic E-state index is -0.604. The number of fused-ring (bicyclic) bond motifs is 1. The van der Waals surface area contributed by atoms with E-state index in [1.54, 1.807) is 62.4 Å². The van der Waals surface area contributed by atoms with Gasteiger partial charge in [-0.25, -0.2) is 0 Å². The zero-order chi connectivity index (χ0) is 22.8. The maximum absolute atomic E-state index is 13.1. The van der Waals surface area contributed by atoms with Gasteiger partial charge < -0.3 is 13.6 Å². The number of hydrogen-bond acceptors (Lipinski definition) is 6. The largest absolute Gasteiger partial charge is 0.476 e. The lowest BCUT2D eigenvalue weighted by Crippen LogP contribution is -2.22. The third-order valence-electron chi connectivity index (χ3n) is 4.97. The van der Waals surface area contributed by atoms with Gasteiger partial charge in [0.05, 0.1) is 10.4 Å². The van der Waals surface area contributed by atoms with E-state index in [9.17, 15) is 14.9 Å². The van der Waals surface area contributed by atoms with Crippen LogP contribution in [0, 0.1) is 25.2 Å². The van der Waals surface area contributed by atoms with Gasteiger partial charge in [-0.05, 0) is 38.1 Å². The van der Waals surface area contributed by atoms with E-state index in [0.29, 0.717) is 32.9 Å². The molecule has 4 rings (SSSR count). The highest BCUT2D eigenvalue weighted by atomic mass is 35.5. The summed E-state index contributed by atoms with van der Waals surface area (Å²) >= 11 is 6.31. The maximum atomic E-state index is 13.1. The van der Waals surface area contributed by atoms with Crippen molar-refractivity contribution in [3.63, 3.8) is 0 Å². The van der Waals surface area contributed by atoms with Crippen molar-refractivity contribution in [1.82, 2.24) is 0 Å². The van der Waals surface area contributed by atoms with Gasteiger partial charge in [0.25, 0.3) is 5.91 Å². The summed E-state index contributed by atoms with van der Waals surface area (Å²) in [5.74, 6) is -0.0661. The van der Waals surface area contributed by atoms with E-state index in [1.807, 2.05) is 6.07 Å². The number of nitrogens with zero attached hydrogens (tertiary/aromatic N) is 1. The Morgan fingerprint density at radius 2 is 1.84 bits per heavy atom. The molecular formula is C24H17ClN2O5. The molecule has 0 aliphatic heterocycles. The molecule has 1 amide bonds. The van der Waals surface area contributed by atoms with Crippen molar-refractivity contribution in [2.24, 2.45) is 0 Å². The molecule has 2 aromatic heterocycles. The predicted molar refractivity (Wildman–Crippen MR) is 120 cm³/mol. The Hall–Kier alpha value is -4.02. The molecule has 32 heavy (non-hydrogen) atoms. The van der Waals surface area contributed by atoms with Crippen LogP contribution in [0.1, 0.15) is 16.9 Å². The van der Waals surface area contributed by atoms with Crippen LogP contribution in [-0.4, -0.2) is 12.5 Å². The van der Waals surface area contributed by atoms with E-state index in [0.717, 1.165) is 0 Å². The van der Waals surface area contributed by atoms with Gasteiger partial charge in [0.15, 0.2) is 12.4 Å². The van der Waals surface area contributed by atoms with Crippen molar-refractivity contribution >= 4 is 34.4 Å². The van der Waals surface area contributed by atoms with Gasteiger partial charge in [0.2, 0.25) is 17.1 Å². The van der Waals surface area contributed by atoms with Gasteiger partial charge in [-0.2, -0.15) is 5.26 Å². The molecule has 0 radical (unpaired) electrons. The first-order valence-corrected chi connectivity index (χ1v) is 10.0. The van der Waals surface area contributed by atoms with Gasteiger partial charge in [-0.1, -0.05) is 35.9 Å². The fourth-order valence-electron chi connectivity index (χ4n) is 3.23. The monoisotopic (exact) mass is 448 g/mol. The molecule has 0 saturated carbocycles. The van der Waals surface area contributed by atoms with Crippen LogP contribution in [0.25, 0.3) is 22.3 Å². The number of ether oxygens (including phenoxy) is 1. The van der Waals surface area contributed by atoms with E-state index in [4.69, 9.17) is 25.2 Å². The molecule has 8 heteroatoms. The number of hydrogen-bond donors (Lipinski definition) is 1. The minimum Gasteiger partial charge on any atom is -0.476 e. The molecule has 160 valence electrons. The molecule has 0 spiro atoms. The molecule has 0 unspecified atom stereocenters. The highest BCUT2D eigenvalue weighted by Crippen LogP contribution is 2.35. The number of nitrogens with one attached hydrogen (secondary N) is 1. The zero-order valence-corrected chi connectivity index (χ0v) is 17.9. The lowest BCUT2D eigenvalue weighted by atomic mass is 10.1. The van der Waals surface area contributed by atoms with Gasteiger partial charge in [-0.15, -0.1) is 0 Å². The van der Waals surface area contributed by atoms with Crippen LogP contribution in [0.3, 0.4) is 0 Å². The Balaban J connectivity index is 1.69. The Morgan fingerprint density at radius 1 is 1.12 bits per heavy atom. The summed E-state index contributed by atoms with van der Waals surface area (Å²) in [6.07, 6.45) is 0. The molecule has 0 bridgehead atoms. The van der Waals surface area contributed by atoms with Crippen molar-refractivity contribution < 1.29 is 18.4 Å². The van der Waals surface area contributed by atoms with Crippen LogP contribution in [0.5, 0.6) is 5.75 Å². The van der Waals surface area contributed by atoms with E-state index < -0.39 is 17.9 Å². The van der Waals surface area contributed by atoms with Crippen LogP contribution in [0.15, 0.2) is 62.2 Å². The van der Waals surface area contributed by atoms with E-state index >= 15 is 0 Å². The fraction of sp³-hybridized carbons (Fsp3) is 0.125. The number of para-hydroxylation sites is 1. The number of halogens is 1. The second-order valence-electron chi connectivity index (χ2n) is 7.00. The minimum absolute atomic E-state index is 0.0352. The summed E-state index contributed by atoms with van der Waals surface area (Å²) in [5.41, 5.74) is 1.26. The van der Waals surface area contributed by atoms with Crippen LogP contribution < -0.4 is 15.5 Å². The van der Waals surface area contributed by atoms with Gasteiger partial charge in [0.1, 0.15) is 23.0 Å². The third kappa shape index (κ3) is 3.84. The lowest BCUT2D eigenvalue weighted by Gasteiger charge is -2.12. The topological polar surface area (TPSA) is 105 Å². The molecule has 7 nitrogen and oxygen atoms in total. The fourth-order valence-corrected chi connectivity index (χ4v) is 3.45. The third-order valence-corrected chi connectivity index (χ3v) is 5.30. The number of carbonyl (C=O) groups is 1. The quantitative estimate of drug-likeness (QED) is 0.449. The molecule has 2 heterocycles. The van der Waals surface area contributed by atoms with Gasteiger partial charge in [-0.3, -0.25) is 14.9 Å². The van der Waals surface area contributed by atoms with Gasteiger partial charge >= 0.3 is 0 Å². The van der Waals surface area contributed by atoms with Crippen molar-refractivity contribution in [2.45, 2.75) is 13.8 Å². The SMILES string of the molecule is Cc1oc(NC(=O)COc2c(-c3ccccc3Cl)oc3ccccc3c2=O)c(C#N)c1C. The number of aryl methyl sites for hydroxylation is 1. The number of anilines is 1. The van der Waals surface area contributed by atoms with Crippen LogP contribution in [0.2, 0.25) is 5.02 Å². The molecule has 0 aliphatic carbocycles.